The van der Waals surface area contributed by atoms with Gasteiger partial charge in [-0.1, -0.05) is 0 Å². The molecule has 21 heavy (non-hydrogen) atoms. The first-order valence-corrected chi connectivity index (χ1v) is 6.48. The zero-order chi connectivity index (χ0) is 15.6. The lowest BCUT2D eigenvalue weighted by Gasteiger charge is -2.07. The monoisotopic (exact) mass is 353 g/mol. The summed E-state index contributed by atoms with van der Waals surface area (Å²) >= 11 is 3.03. The summed E-state index contributed by atoms with van der Waals surface area (Å²) in [6, 6.07) is 7.67. The Kier molecular flexibility index (Phi) is 4.18. The highest BCUT2D eigenvalue weighted by atomic mass is 79.9. The second kappa shape index (κ2) is 5.88. The number of amides is 1. The minimum absolute atomic E-state index is 0.133. The van der Waals surface area contributed by atoms with Crippen LogP contribution in [0.2, 0.25) is 0 Å². The Hall–Kier alpha value is -2.48. The van der Waals surface area contributed by atoms with Crippen molar-refractivity contribution in [3.63, 3.8) is 0 Å². The van der Waals surface area contributed by atoms with Gasteiger partial charge in [0, 0.05) is 17.4 Å². The highest BCUT2D eigenvalue weighted by molar-refractivity contribution is 9.10. The molecule has 0 radical (unpaired) electrons. The number of carbonyl (C=O) groups is 1. The molecule has 0 saturated heterocycles. The van der Waals surface area contributed by atoms with Crippen LogP contribution in [0.4, 0.5) is 21.5 Å². The van der Waals surface area contributed by atoms with Gasteiger partial charge in [-0.2, -0.15) is 0 Å². The maximum atomic E-state index is 13.6. The third-order valence-electron chi connectivity index (χ3n) is 2.64. The highest BCUT2D eigenvalue weighted by Crippen LogP contribution is 2.28. The maximum absolute atomic E-state index is 13.6. The molecule has 0 heterocycles. The molecule has 2 aromatic rings. The minimum Gasteiger partial charge on any atom is -0.399 e. The predicted octanol–water partition coefficient (Wildman–Crippen LogP) is 3.33. The molecule has 0 bridgehead atoms. The van der Waals surface area contributed by atoms with Crippen LogP contribution in [0.5, 0.6) is 0 Å². The quantitative estimate of drug-likeness (QED) is 0.502. The summed E-state index contributed by atoms with van der Waals surface area (Å²) in [5.74, 6) is -1.42. The zero-order valence-corrected chi connectivity index (χ0v) is 12.1. The molecule has 0 aliphatic heterocycles. The van der Waals surface area contributed by atoms with Gasteiger partial charge in [0.2, 0.25) is 0 Å². The van der Waals surface area contributed by atoms with Crippen molar-refractivity contribution in [1.82, 2.24) is 0 Å². The third kappa shape index (κ3) is 3.34. The summed E-state index contributed by atoms with van der Waals surface area (Å²) < 4.78 is 13.8. The van der Waals surface area contributed by atoms with E-state index < -0.39 is 16.6 Å². The van der Waals surface area contributed by atoms with Crippen LogP contribution in [0.1, 0.15) is 10.4 Å². The number of nitrogens with two attached hydrogens (primary N) is 1. The summed E-state index contributed by atoms with van der Waals surface area (Å²) in [5.41, 5.74) is 5.61. The number of halogens is 2. The highest BCUT2D eigenvalue weighted by Gasteiger charge is 2.15. The Morgan fingerprint density at radius 2 is 2.00 bits per heavy atom. The van der Waals surface area contributed by atoms with Gasteiger partial charge in [-0.25, -0.2) is 4.39 Å². The molecule has 3 N–H and O–H groups in total. The van der Waals surface area contributed by atoms with Gasteiger partial charge in [0.25, 0.3) is 11.6 Å². The van der Waals surface area contributed by atoms with E-state index in [-0.39, 0.29) is 21.4 Å². The van der Waals surface area contributed by atoms with Crippen molar-refractivity contribution in [2.45, 2.75) is 0 Å². The van der Waals surface area contributed by atoms with Gasteiger partial charge in [0.1, 0.15) is 5.82 Å². The van der Waals surface area contributed by atoms with Gasteiger partial charge in [0.15, 0.2) is 0 Å². The smallest absolute Gasteiger partial charge is 0.283 e. The topological polar surface area (TPSA) is 98.3 Å². The van der Waals surface area contributed by atoms with Crippen molar-refractivity contribution < 1.29 is 14.1 Å². The van der Waals surface area contributed by atoms with E-state index in [2.05, 4.69) is 21.2 Å². The van der Waals surface area contributed by atoms with E-state index in [4.69, 9.17) is 5.73 Å². The maximum Gasteiger partial charge on any atom is 0.283 e. The van der Waals surface area contributed by atoms with Crippen LogP contribution in [-0.2, 0) is 0 Å². The summed E-state index contributed by atoms with van der Waals surface area (Å²) in [4.78, 5) is 22.1. The number of hydrogen-bond donors (Lipinski definition) is 2. The number of nitro groups is 1. The first kappa shape index (κ1) is 14.9. The molecule has 2 aromatic carbocycles. The van der Waals surface area contributed by atoms with E-state index >= 15 is 0 Å². The average Bonchev–Trinajstić information content (AvgIpc) is 2.37. The Morgan fingerprint density at radius 3 is 2.57 bits per heavy atom. The van der Waals surface area contributed by atoms with Crippen LogP contribution in [-0.4, -0.2) is 10.8 Å². The first-order valence-electron chi connectivity index (χ1n) is 5.69. The molecule has 0 unspecified atom stereocenters. The molecule has 0 aliphatic rings. The lowest BCUT2D eigenvalue weighted by Crippen LogP contribution is -2.14. The summed E-state index contributed by atoms with van der Waals surface area (Å²) in [7, 11) is 0. The summed E-state index contributed by atoms with van der Waals surface area (Å²) in [6.07, 6.45) is 0. The van der Waals surface area contributed by atoms with Crippen LogP contribution in [0.3, 0.4) is 0 Å². The van der Waals surface area contributed by atoms with Crippen molar-refractivity contribution in [2.24, 2.45) is 0 Å². The number of nitrogen functional groups attached to an aromatic ring is 1. The number of hydrogen-bond acceptors (Lipinski definition) is 4. The lowest BCUT2D eigenvalue weighted by atomic mass is 10.1. The normalized spacial score (nSPS) is 10.2. The Bertz CT molecular complexity index is 737. The van der Waals surface area contributed by atoms with E-state index in [9.17, 15) is 19.3 Å². The molecule has 0 saturated carbocycles. The molecule has 2 rings (SSSR count). The molecular formula is C13H9BrFN3O3. The van der Waals surface area contributed by atoms with Gasteiger partial charge in [-0.3, -0.25) is 14.9 Å². The van der Waals surface area contributed by atoms with Crippen molar-refractivity contribution in [2.75, 3.05) is 11.1 Å². The Labute approximate surface area is 127 Å². The largest absolute Gasteiger partial charge is 0.399 e. The fourth-order valence-corrected chi connectivity index (χ4v) is 2.17. The lowest BCUT2D eigenvalue weighted by molar-refractivity contribution is -0.385. The number of rotatable bonds is 3. The van der Waals surface area contributed by atoms with Gasteiger partial charge in [-0.15, -0.1) is 0 Å². The molecule has 0 spiro atoms. The molecule has 1 amide bonds. The third-order valence-corrected chi connectivity index (χ3v) is 3.28. The molecular weight excluding hydrogens is 345 g/mol. The fourth-order valence-electron chi connectivity index (χ4n) is 1.65. The van der Waals surface area contributed by atoms with E-state index in [1.54, 1.807) is 0 Å². The van der Waals surface area contributed by atoms with Crippen molar-refractivity contribution in [3.05, 3.63) is 62.4 Å². The summed E-state index contributed by atoms with van der Waals surface area (Å²) in [5, 5.41) is 13.1. The molecule has 108 valence electrons. The molecule has 0 aliphatic carbocycles. The number of nitro benzene ring substituents is 1. The van der Waals surface area contributed by atoms with Gasteiger partial charge in [-0.05, 0) is 46.3 Å². The number of nitrogens with zero attached hydrogens (tertiary/aromatic N) is 1. The zero-order valence-electron chi connectivity index (χ0n) is 10.5. The molecule has 8 heteroatoms. The van der Waals surface area contributed by atoms with Crippen LogP contribution in [0.25, 0.3) is 0 Å². The molecule has 0 atom stereocenters. The van der Waals surface area contributed by atoms with Gasteiger partial charge in [0.05, 0.1) is 15.0 Å². The SMILES string of the molecule is Nc1ccc(C(=O)Nc2ccc([N+](=O)[O-])c(Br)c2)c(F)c1. The van der Waals surface area contributed by atoms with Crippen LogP contribution >= 0.6 is 15.9 Å². The van der Waals surface area contributed by atoms with E-state index in [1.807, 2.05) is 0 Å². The van der Waals surface area contributed by atoms with Crippen molar-refractivity contribution in [3.8, 4) is 0 Å². The fraction of sp³-hybridized carbons (Fsp3) is 0. The Balaban J connectivity index is 2.23. The van der Waals surface area contributed by atoms with E-state index in [1.165, 1.54) is 30.3 Å². The number of nitrogens with one attached hydrogen (secondary N) is 1. The summed E-state index contributed by atoms with van der Waals surface area (Å²) in [6.45, 7) is 0. The minimum atomic E-state index is -0.742. The Morgan fingerprint density at radius 1 is 1.29 bits per heavy atom. The van der Waals surface area contributed by atoms with Crippen LogP contribution < -0.4 is 11.1 Å². The average molecular weight is 354 g/mol. The van der Waals surface area contributed by atoms with Crippen molar-refractivity contribution in [1.29, 1.82) is 0 Å². The van der Waals surface area contributed by atoms with Gasteiger partial charge < -0.3 is 11.1 Å². The molecule has 0 fully saturated rings. The van der Waals surface area contributed by atoms with Crippen LogP contribution in [0, 0.1) is 15.9 Å². The van der Waals surface area contributed by atoms with Crippen molar-refractivity contribution >= 4 is 38.9 Å². The van der Waals surface area contributed by atoms with E-state index in [0.717, 1.165) is 6.07 Å². The number of anilines is 2. The number of carbonyl (C=O) groups excluding carboxylic acids is 1. The standard InChI is InChI=1S/C13H9BrFN3O3/c14-10-6-8(2-4-12(10)18(20)21)17-13(19)9-3-1-7(16)5-11(9)15/h1-6H,16H2,(H,17,19). The first-order chi connectivity index (χ1) is 9.88. The second-order valence-electron chi connectivity index (χ2n) is 4.12. The number of benzene rings is 2. The molecule has 6 nitrogen and oxygen atoms in total. The molecule has 0 aromatic heterocycles. The van der Waals surface area contributed by atoms with Crippen LogP contribution in [0.15, 0.2) is 40.9 Å². The second-order valence-corrected chi connectivity index (χ2v) is 4.97. The van der Waals surface area contributed by atoms with Gasteiger partial charge >= 0.3 is 0 Å². The van der Waals surface area contributed by atoms with E-state index in [0.29, 0.717) is 5.69 Å². The predicted molar refractivity (Wildman–Crippen MR) is 79.6 cm³/mol.